The van der Waals surface area contributed by atoms with Crippen LogP contribution in [0.4, 0.5) is 0 Å². The third-order valence-electron chi connectivity index (χ3n) is 2.24. The topological polar surface area (TPSA) is 56.8 Å². The minimum absolute atomic E-state index is 0.0546. The molecule has 1 atom stereocenters. The third kappa shape index (κ3) is 4.63. The molecule has 0 saturated carbocycles. The molecule has 5 nitrogen and oxygen atoms in total. The first kappa shape index (κ1) is 14.3. The number of carbonyl (C=O) groups excluding carboxylic acids is 1. The maximum absolute atomic E-state index is 11.3. The number of para-hydroxylation sites is 2. The molecule has 0 fully saturated rings. The number of rotatable bonds is 7. The monoisotopic (exact) mass is 253 g/mol. The van der Waals surface area contributed by atoms with Gasteiger partial charge in [-0.2, -0.15) is 0 Å². The summed E-state index contributed by atoms with van der Waals surface area (Å²) in [6, 6.07) is 7.28. The molecule has 100 valence electrons. The molecular weight excluding hydrogens is 234 g/mol. The first-order chi connectivity index (χ1) is 8.67. The van der Waals surface area contributed by atoms with Crippen LogP contribution in [0.2, 0.25) is 0 Å². The van der Waals surface area contributed by atoms with Crippen molar-refractivity contribution in [3.8, 4) is 11.5 Å². The summed E-state index contributed by atoms with van der Waals surface area (Å²) < 4.78 is 15.5. The van der Waals surface area contributed by atoms with Gasteiger partial charge in [-0.3, -0.25) is 4.79 Å². The van der Waals surface area contributed by atoms with E-state index in [1.54, 1.807) is 7.11 Å². The summed E-state index contributed by atoms with van der Waals surface area (Å²) in [5.41, 5.74) is 0. The Morgan fingerprint density at radius 1 is 1.28 bits per heavy atom. The molecule has 1 rings (SSSR count). The van der Waals surface area contributed by atoms with Crippen LogP contribution in [0.1, 0.15) is 6.92 Å². The van der Waals surface area contributed by atoms with Crippen molar-refractivity contribution in [2.45, 2.75) is 13.0 Å². The molecule has 0 heterocycles. The minimum Gasteiger partial charge on any atom is -0.493 e. The van der Waals surface area contributed by atoms with Crippen LogP contribution in [0, 0.1) is 0 Å². The van der Waals surface area contributed by atoms with Crippen LogP contribution >= 0.6 is 0 Å². The van der Waals surface area contributed by atoms with Gasteiger partial charge in [0.05, 0.1) is 13.2 Å². The van der Waals surface area contributed by atoms with Gasteiger partial charge in [0, 0.05) is 7.11 Å². The fourth-order valence-electron chi connectivity index (χ4n) is 1.44. The normalized spacial score (nSPS) is 11.7. The lowest BCUT2D eigenvalue weighted by Crippen LogP contribution is -2.38. The van der Waals surface area contributed by atoms with E-state index in [-0.39, 0.29) is 18.6 Å². The van der Waals surface area contributed by atoms with Gasteiger partial charge < -0.3 is 19.5 Å². The van der Waals surface area contributed by atoms with Crippen molar-refractivity contribution >= 4 is 5.91 Å². The summed E-state index contributed by atoms with van der Waals surface area (Å²) in [6.07, 6.45) is 0. The Balaban J connectivity index is 2.42. The number of methoxy groups -OCH3 is 2. The first-order valence-corrected chi connectivity index (χ1v) is 5.71. The Kier molecular flexibility index (Phi) is 6.00. The van der Waals surface area contributed by atoms with Crippen LogP contribution in [-0.4, -0.2) is 39.4 Å². The molecule has 18 heavy (non-hydrogen) atoms. The average Bonchev–Trinajstić information content (AvgIpc) is 2.37. The zero-order valence-electron chi connectivity index (χ0n) is 10.9. The molecule has 0 aromatic heterocycles. The van der Waals surface area contributed by atoms with Gasteiger partial charge in [-0.25, -0.2) is 0 Å². The molecule has 0 aliphatic heterocycles. The summed E-state index contributed by atoms with van der Waals surface area (Å²) in [4.78, 5) is 11.3. The van der Waals surface area contributed by atoms with Crippen molar-refractivity contribution in [1.82, 2.24) is 5.32 Å². The highest BCUT2D eigenvalue weighted by atomic mass is 16.5. The van der Waals surface area contributed by atoms with Crippen LogP contribution in [0.3, 0.4) is 0 Å². The van der Waals surface area contributed by atoms with Crippen LogP contribution in [0.25, 0.3) is 0 Å². The Bertz CT molecular complexity index is 381. The number of hydrogen-bond acceptors (Lipinski definition) is 4. The SMILES string of the molecule is COCC(=O)N[C@H](C)COc1ccccc1OC. The van der Waals surface area contributed by atoms with E-state index >= 15 is 0 Å². The quantitative estimate of drug-likeness (QED) is 0.794. The molecule has 0 spiro atoms. The Labute approximate surface area is 107 Å². The van der Waals surface area contributed by atoms with Gasteiger partial charge >= 0.3 is 0 Å². The standard InChI is InChI=1S/C13H19NO4/c1-10(14-13(15)9-16-2)8-18-12-7-5-4-6-11(12)17-3/h4-7,10H,8-9H2,1-3H3,(H,14,15)/t10-/m1/s1. The molecule has 5 heteroatoms. The molecule has 0 aliphatic carbocycles. The Hall–Kier alpha value is -1.75. The molecule has 0 aliphatic rings. The maximum atomic E-state index is 11.3. The number of benzene rings is 1. The summed E-state index contributed by atoms with van der Waals surface area (Å²) in [5.74, 6) is 1.18. The second-order valence-corrected chi connectivity index (χ2v) is 3.86. The van der Waals surface area contributed by atoms with Crippen molar-refractivity contribution < 1.29 is 19.0 Å². The lowest BCUT2D eigenvalue weighted by Gasteiger charge is -2.16. The van der Waals surface area contributed by atoms with E-state index in [0.717, 1.165) is 0 Å². The molecule has 0 radical (unpaired) electrons. The van der Waals surface area contributed by atoms with E-state index in [1.807, 2.05) is 31.2 Å². The van der Waals surface area contributed by atoms with Crippen LogP contribution in [0.5, 0.6) is 11.5 Å². The van der Waals surface area contributed by atoms with Gasteiger partial charge in [0.15, 0.2) is 11.5 Å². The highest BCUT2D eigenvalue weighted by Gasteiger charge is 2.09. The molecule has 0 saturated heterocycles. The number of amides is 1. The van der Waals surface area contributed by atoms with E-state index in [1.165, 1.54) is 7.11 Å². The summed E-state index contributed by atoms with van der Waals surface area (Å²) >= 11 is 0. The smallest absolute Gasteiger partial charge is 0.246 e. The lowest BCUT2D eigenvalue weighted by molar-refractivity contribution is -0.125. The Morgan fingerprint density at radius 2 is 1.94 bits per heavy atom. The van der Waals surface area contributed by atoms with E-state index in [4.69, 9.17) is 14.2 Å². The molecule has 0 bridgehead atoms. The Morgan fingerprint density at radius 3 is 2.56 bits per heavy atom. The fourth-order valence-corrected chi connectivity index (χ4v) is 1.44. The molecule has 1 N–H and O–H groups in total. The number of ether oxygens (including phenoxy) is 3. The van der Waals surface area contributed by atoms with Gasteiger partial charge in [0.2, 0.25) is 5.91 Å². The summed E-state index contributed by atoms with van der Waals surface area (Å²) in [6.45, 7) is 2.29. The second kappa shape index (κ2) is 7.55. The zero-order valence-corrected chi connectivity index (χ0v) is 10.9. The van der Waals surface area contributed by atoms with E-state index in [2.05, 4.69) is 5.32 Å². The lowest BCUT2D eigenvalue weighted by atomic mass is 10.3. The van der Waals surface area contributed by atoms with Crippen molar-refractivity contribution in [1.29, 1.82) is 0 Å². The predicted molar refractivity (Wildman–Crippen MR) is 68.0 cm³/mol. The average molecular weight is 253 g/mol. The van der Waals surface area contributed by atoms with E-state index in [9.17, 15) is 4.79 Å². The molecule has 1 aromatic rings. The van der Waals surface area contributed by atoms with Crippen molar-refractivity contribution in [2.24, 2.45) is 0 Å². The number of nitrogens with one attached hydrogen (secondary N) is 1. The van der Waals surface area contributed by atoms with Crippen LogP contribution in [-0.2, 0) is 9.53 Å². The molecule has 1 aromatic carbocycles. The summed E-state index contributed by atoms with van der Waals surface area (Å²) in [7, 11) is 3.07. The van der Waals surface area contributed by atoms with Crippen molar-refractivity contribution in [3.05, 3.63) is 24.3 Å². The highest BCUT2D eigenvalue weighted by Crippen LogP contribution is 2.25. The molecule has 1 amide bonds. The highest BCUT2D eigenvalue weighted by molar-refractivity contribution is 5.77. The molecule has 0 unspecified atom stereocenters. The third-order valence-corrected chi connectivity index (χ3v) is 2.24. The van der Waals surface area contributed by atoms with Gasteiger partial charge in [-0.05, 0) is 19.1 Å². The van der Waals surface area contributed by atoms with Crippen molar-refractivity contribution in [2.75, 3.05) is 27.4 Å². The van der Waals surface area contributed by atoms with Gasteiger partial charge in [0.1, 0.15) is 13.2 Å². The zero-order chi connectivity index (χ0) is 13.4. The van der Waals surface area contributed by atoms with E-state index in [0.29, 0.717) is 18.1 Å². The summed E-state index contributed by atoms with van der Waals surface area (Å²) in [5, 5.41) is 2.76. The number of hydrogen-bond donors (Lipinski definition) is 1. The predicted octanol–water partition coefficient (Wildman–Crippen LogP) is 1.23. The van der Waals surface area contributed by atoms with Gasteiger partial charge in [-0.15, -0.1) is 0 Å². The van der Waals surface area contributed by atoms with Crippen LogP contribution < -0.4 is 14.8 Å². The first-order valence-electron chi connectivity index (χ1n) is 5.71. The second-order valence-electron chi connectivity index (χ2n) is 3.86. The number of carbonyl (C=O) groups is 1. The van der Waals surface area contributed by atoms with Gasteiger partial charge in [0.25, 0.3) is 0 Å². The van der Waals surface area contributed by atoms with Crippen LogP contribution in [0.15, 0.2) is 24.3 Å². The molecular formula is C13H19NO4. The largest absolute Gasteiger partial charge is 0.493 e. The maximum Gasteiger partial charge on any atom is 0.246 e. The van der Waals surface area contributed by atoms with E-state index < -0.39 is 0 Å². The van der Waals surface area contributed by atoms with Gasteiger partial charge in [-0.1, -0.05) is 12.1 Å². The minimum atomic E-state index is -0.159. The van der Waals surface area contributed by atoms with Crippen molar-refractivity contribution in [3.63, 3.8) is 0 Å². The fraction of sp³-hybridized carbons (Fsp3) is 0.462.